The summed E-state index contributed by atoms with van der Waals surface area (Å²) < 4.78 is 15.8. The summed E-state index contributed by atoms with van der Waals surface area (Å²) in [5.41, 5.74) is 1.87. The van der Waals surface area contributed by atoms with Crippen LogP contribution < -0.4 is 15.8 Å². The molecule has 0 aliphatic carbocycles. The Hall–Kier alpha value is -3.46. The van der Waals surface area contributed by atoms with Gasteiger partial charge in [-0.1, -0.05) is 24.3 Å². The Bertz CT molecular complexity index is 1090. The van der Waals surface area contributed by atoms with Crippen molar-refractivity contribution in [2.24, 2.45) is 5.92 Å². The van der Waals surface area contributed by atoms with Crippen molar-refractivity contribution in [1.82, 2.24) is 5.32 Å². The van der Waals surface area contributed by atoms with E-state index in [1.165, 1.54) is 14.2 Å². The number of esters is 2. The van der Waals surface area contributed by atoms with Crippen LogP contribution in [0, 0.1) is 5.92 Å². The van der Waals surface area contributed by atoms with Gasteiger partial charge in [-0.2, -0.15) is 0 Å². The molecule has 158 valence electrons. The summed E-state index contributed by atoms with van der Waals surface area (Å²) in [4.78, 5) is 25.7. The minimum Gasteiger partial charge on any atom is -0.469 e. The van der Waals surface area contributed by atoms with Gasteiger partial charge in [0.05, 0.1) is 32.4 Å². The van der Waals surface area contributed by atoms with Gasteiger partial charge in [0.2, 0.25) is 0 Å². The molecule has 0 amide bonds. The molecule has 1 saturated heterocycles. The van der Waals surface area contributed by atoms with Gasteiger partial charge in [-0.25, -0.2) is 0 Å². The molecule has 3 N–H and O–H groups in total. The van der Waals surface area contributed by atoms with Crippen molar-refractivity contribution in [3.8, 4) is 0 Å². The lowest BCUT2D eigenvalue weighted by molar-refractivity contribution is -0.146. The van der Waals surface area contributed by atoms with E-state index < -0.39 is 42.7 Å². The fraction of sp³-hybridized carbons (Fsp3) is 0.273. The predicted octanol–water partition coefficient (Wildman–Crippen LogP) is 2.80. The quantitative estimate of drug-likeness (QED) is 0.439. The van der Waals surface area contributed by atoms with Crippen molar-refractivity contribution >= 4 is 41.1 Å². The topological polar surface area (TPSA) is 102 Å². The third-order valence-corrected chi connectivity index (χ3v) is 6.21. The number of carbonyl (C=O) groups excluding carboxylic acids is 2. The fourth-order valence-electron chi connectivity index (χ4n) is 4.89. The summed E-state index contributed by atoms with van der Waals surface area (Å²) in [6, 6.07) is 14.3. The van der Waals surface area contributed by atoms with Gasteiger partial charge >= 0.3 is 18.9 Å². The maximum Gasteiger partial charge on any atom is 0.376 e. The largest absolute Gasteiger partial charge is 0.469 e. The lowest BCUT2D eigenvalue weighted by Crippen LogP contribution is -2.50. The van der Waals surface area contributed by atoms with Crippen LogP contribution in [0.25, 0.3) is 10.8 Å². The standard InChI is InChI=1S/C22H22BN3O5/c1-29-21(27)17-18(20(22(28)30-2)24-19(17)15-10-5-11-31-15)23-25-13-8-3-6-12-7-4-9-14(26-23)16(12)13/h3-11,17-20,24-26H,1-2H3/t17-,18-,19-,20-/m0/s1. The monoisotopic (exact) mass is 419 g/mol. The number of hydrogen-bond acceptors (Lipinski definition) is 8. The summed E-state index contributed by atoms with van der Waals surface area (Å²) >= 11 is 0. The number of methoxy groups -OCH3 is 2. The molecule has 31 heavy (non-hydrogen) atoms. The number of benzene rings is 2. The molecule has 8 nitrogen and oxygen atoms in total. The van der Waals surface area contributed by atoms with Crippen LogP contribution >= 0.6 is 0 Å². The average Bonchev–Trinajstić information content (AvgIpc) is 3.46. The van der Waals surface area contributed by atoms with Crippen LogP contribution in [0.4, 0.5) is 11.4 Å². The Morgan fingerprint density at radius 2 is 1.61 bits per heavy atom. The molecule has 2 aliphatic rings. The highest BCUT2D eigenvalue weighted by Crippen LogP contribution is 2.46. The fourth-order valence-corrected chi connectivity index (χ4v) is 4.89. The summed E-state index contributed by atoms with van der Waals surface area (Å²) in [6.45, 7) is -0.429. The first-order valence-corrected chi connectivity index (χ1v) is 10.1. The summed E-state index contributed by atoms with van der Waals surface area (Å²) in [6.07, 6.45) is 1.54. The van der Waals surface area contributed by atoms with E-state index in [4.69, 9.17) is 13.9 Å². The third-order valence-electron chi connectivity index (χ3n) is 6.21. The summed E-state index contributed by atoms with van der Waals surface area (Å²) in [7, 11) is 2.69. The predicted molar refractivity (Wildman–Crippen MR) is 117 cm³/mol. The number of carbonyl (C=O) groups is 2. The molecule has 1 aromatic heterocycles. The van der Waals surface area contributed by atoms with Gasteiger partial charge < -0.3 is 24.3 Å². The molecule has 2 aromatic carbocycles. The second-order valence-corrected chi connectivity index (χ2v) is 7.76. The van der Waals surface area contributed by atoms with Crippen molar-refractivity contribution in [2.45, 2.75) is 17.9 Å². The number of nitrogens with one attached hydrogen (secondary N) is 3. The second-order valence-electron chi connectivity index (χ2n) is 7.76. The van der Waals surface area contributed by atoms with E-state index in [2.05, 4.69) is 15.8 Å². The smallest absolute Gasteiger partial charge is 0.376 e. The normalized spacial score (nSPS) is 24.4. The Morgan fingerprint density at radius 3 is 2.19 bits per heavy atom. The Labute approximate surface area is 179 Å². The highest BCUT2D eigenvalue weighted by Gasteiger charge is 2.57. The van der Waals surface area contributed by atoms with E-state index in [9.17, 15) is 9.59 Å². The molecule has 0 saturated carbocycles. The number of rotatable bonds is 4. The maximum atomic E-state index is 13.0. The average molecular weight is 419 g/mol. The lowest BCUT2D eigenvalue weighted by Gasteiger charge is -2.33. The molecule has 3 aromatic rings. The number of furan rings is 1. The van der Waals surface area contributed by atoms with Crippen LogP contribution in [-0.4, -0.2) is 39.2 Å². The van der Waals surface area contributed by atoms with Crippen molar-refractivity contribution in [3.63, 3.8) is 0 Å². The first-order valence-electron chi connectivity index (χ1n) is 10.1. The van der Waals surface area contributed by atoms with Crippen LogP contribution in [-0.2, 0) is 19.1 Å². The molecule has 3 heterocycles. The molecule has 0 bridgehead atoms. The van der Waals surface area contributed by atoms with Gasteiger partial charge in [0.15, 0.2) is 0 Å². The minimum atomic E-state index is -0.751. The zero-order valence-corrected chi connectivity index (χ0v) is 17.1. The SMILES string of the molecule is COC(=O)[C@H]1[C@H](B2Nc3cccc4cccc(c34)N2)[C@@H](C(=O)OC)N[C@H]1c1ccco1. The Morgan fingerprint density at radius 1 is 0.935 bits per heavy atom. The van der Waals surface area contributed by atoms with Gasteiger partial charge in [0, 0.05) is 22.6 Å². The molecule has 0 radical (unpaired) electrons. The minimum absolute atomic E-state index is 0.425. The third kappa shape index (κ3) is 3.12. The van der Waals surface area contributed by atoms with Crippen molar-refractivity contribution in [2.75, 3.05) is 24.7 Å². The first-order chi connectivity index (χ1) is 15.1. The molecular formula is C22H22BN3O5. The van der Waals surface area contributed by atoms with Crippen LogP contribution in [0.2, 0.25) is 5.82 Å². The maximum absolute atomic E-state index is 13.0. The van der Waals surface area contributed by atoms with Crippen LogP contribution in [0.15, 0.2) is 59.2 Å². The number of ether oxygens (including phenoxy) is 2. The zero-order valence-electron chi connectivity index (χ0n) is 17.1. The molecule has 1 fully saturated rings. The highest BCUT2D eigenvalue weighted by molar-refractivity contribution is 6.70. The molecule has 9 heteroatoms. The summed E-state index contributed by atoms with van der Waals surface area (Å²) in [5, 5.41) is 12.4. The summed E-state index contributed by atoms with van der Waals surface area (Å²) in [5.74, 6) is -1.52. The zero-order chi connectivity index (χ0) is 21.5. The number of hydrogen-bond donors (Lipinski definition) is 3. The van der Waals surface area contributed by atoms with E-state index in [1.807, 2.05) is 36.4 Å². The lowest BCUT2D eigenvalue weighted by atomic mass is 9.53. The van der Waals surface area contributed by atoms with Crippen LogP contribution in [0.5, 0.6) is 0 Å². The van der Waals surface area contributed by atoms with E-state index in [1.54, 1.807) is 18.4 Å². The van der Waals surface area contributed by atoms with Crippen LogP contribution in [0.3, 0.4) is 0 Å². The van der Waals surface area contributed by atoms with Gasteiger partial charge in [0.1, 0.15) is 11.8 Å². The Balaban J connectivity index is 1.59. The van der Waals surface area contributed by atoms with Gasteiger partial charge in [0.25, 0.3) is 0 Å². The second kappa shape index (κ2) is 7.66. The molecular weight excluding hydrogens is 397 g/mol. The highest BCUT2D eigenvalue weighted by atomic mass is 16.5. The van der Waals surface area contributed by atoms with Gasteiger partial charge in [-0.05, 0) is 29.7 Å². The van der Waals surface area contributed by atoms with Crippen molar-refractivity contribution in [3.05, 3.63) is 60.6 Å². The molecule has 0 spiro atoms. The Kier molecular flexibility index (Phi) is 4.82. The molecule has 4 atom stereocenters. The van der Waals surface area contributed by atoms with Gasteiger partial charge in [-0.3, -0.25) is 14.9 Å². The number of anilines is 2. The molecule has 0 unspecified atom stereocenters. The van der Waals surface area contributed by atoms with Crippen molar-refractivity contribution in [1.29, 1.82) is 0 Å². The van der Waals surface area contributed by atoms with E-state index in [0.29, 0.717) is 5.76 Å². The molecule has 2 aliphatic heterocycles. The van der Waals surface area contributed by atoms with Gasteiger partial charge in [-0.15, -0.1) is 0 Å². The first kappa shape index (κ1) is 19.5. The van der Waals surface area contributed by atoms with E-state index in [-0.39, 0.29) is 0 Å². The van der Waals surface area contributed by atoms with E-state index >= 15 is 0 Å². The van der Waals surface area contributed by atoms with E-state index in [0.717, 1.165) is 22.1 Å². The van der Waals surface area contributed by atoms with Crippen LogP contribution in [0.1, 0.15) is 11.8 Å². The van der Waals surface area contributed by atoms with Crippen molar-refractivity contribution < 1.29 is 23.5 Å². The molecule has 5 rings (SSSR count).